The lowest BCUT2D eigenvalue weighted by Crippen LogP contribution is -2.54. The minimum Gasteiger partial charge on any atom is -0.491 e. The molecule has 274 valence electrons. The smallest absolute Gasteiger partial charge is 0.262 e. The Morgan fingerprint density at radius 2 is 1.52 bits per heavy atom. The normalized spacial score (nSPS) is 17.8. The van der Waals surface area contributed by atoms with Crippen LogP contribution in [0.3, 0.4) is 0 Å². The van der Waals surface area contributed by atoms with Crippen LogP contribution in [0.1, 0.15) is 62.2 Å². The second-order valence-corrected chi connectivity index (χ2v) is 12.7. The Morgan fingerprint density at radius 1 is 0.815 bits per heavy atom. The number of aromatic nitrogens is 1. The van der Waals surface area contributed by atoms with Crippen LogP contribution in [0.5, 0.6) is 11.5 Å². The van der Waals surface area contributed by atoms with Gasteiger partial charge in [-0.15, -0.1) is 0 Å². The number of nitrogens with zero attached hydrogens (tertiary/aromatic N) is 4. The first kappa shape index (κ1) is 35.7. The van der Waals surface area contributed by atoms with E-state index >= 15 is 0 Å². The molecule has 0 saturated carbocycles. The van der Waals surface area contributed by atoms with Gasteiger partial charge >= 0.3 is 0 Å². The van der Waals surface area contributed by atoms with Crippen molar-refractivity contribution in [1.82, 2.24) is 15.2 Å². The van der Waals surface area contributed by atoms with Crippen LogP contribution in [0.25, 0.3) is 11.3 Å². The van der Waals surface area contributed by atoms with Crippen LogP contribution in [0, 0.1) is 0 Å². The molecule has 0 bridgehead atoms. The van der Waals surface area contributed by atoms with Crippen molar-refractivity contribution in [3.8, 4) is 11.5 Å². The molecule has 3 aliphatic rings. The Morgan fingerprint density at radius 3 is 2.26 bits per heavy atom. The summed E-state index contributed by atoms with van der Waals surface area (Å²) in [5.74, 6) is -1.24. The summed E-state index contributed by atoms with van der Waals surface area (Å²) in [6.07, 6.45) is 6.72. The highest BCUT2D eigenvalue weighted by molar-refractivity contribution is 6.23. The molecule has 1 saturated heterocycles. The number of amides is 4. The number of carbonyl (C=O) groups excluding carboxylic acids is 4. The first-order valence-electron chi connectivity index (χ1n) is 17.4. The highest BCUT2D eigenvalue weighted by Crippen LogP contribution is 2.31. The number of rotatable bonds is 13. The van der Waals surface area contributed by atoms with E-state index in [1.807, 2.05) is 48.5 Å². The maximum absolute atomic E-state index is 13.0. The standard InChI is InChI=1S/C40H36N6O8/c41-37(24-13-15-42-16-14-24)33(26-1-8-30-25(21-26)2-10-34(30)45-51)23-43-27-3-5-28(6-4-27)53-19-17-52-18-20-54-29-7-9-31-32(22-29)40(50)46(39(31)49)35-11-12-36(47)44-38(35)48/h1,3-9,13-16,21-23,35,51H,2,10-12,17-20,41H2,(H,44,47,48)/b37-33?,43-23?,45-34+. The Balaban J connectivity index is 0.888. The van der Waals surface area contributed by atoms with E-state index in [0.29, 0.717) is 48.2 Å². The molecule has 14 heteroatoms. The Kier molecular flexibility index (Phi) is 10.5. The van der Waals surface area contributed by atoms with Crippen LogP contribution in [-0.2, 0) is 20.7 Å². The average molecular weight is 729 g/mol. The van der Waals surface area contributed by atoms with E-state index in [1.165, 1.54) is 12.1 Å². The summed E-state index contributed by atoms with van der Waals surface area (Å²) in [6, 6.07) is 20.5. The summed E-state index contributed by atoms with van der Waals surface area (Å²) < 4.78 is 17.2. The first-order valence-corrected chi connectivity index (χ1v) is 17.4. The van der Waals surface area contributed by atoms with Gasteiger partial charge in [0.15, 0.2) is 0 Å². The second kappa shape index (κ2) is 15.9. The summed E-state index contributed by atoms with van der Waals surface area (Å²) in [5.41, 5.74) is 13.4. The third-order valence-electron chi connectivity index (χ3n) is 9.34. The molecule has 2 aliphatic heterocycles. The van der Waals surface area contributed by atoms with Gasteiger partial charge in [0.25, 0.3) is 11.8 Å². The quantitative estimate of drug-likeness (QED) is 0.0587. The van der Waals surface area contributed by atoms with Crippen molar-refractivity contribution in [1.29, 1.82) is 0 Å². The van der Waals surface area contributed by atoms with Crippen LogP contribution in [-0.4, -0.2) is 83.1 Å². The highest BCUT2D eigenvalue weighted by atomic mass is 16.5. The molecule has 4 amide bonds. The van der Waals surface area contributed by atoms with Crippen LogP contribution in [0.15, 0.2) is 95.3 Å². The van der Waals surface area contributed by atoms with E-state index < -0.39 is 29.7 Å². The molecule has 4 N–H and O–H groups in total. The van der Waals surface area contributed by atoms with Crippen LogP contribution >= 0.6 is 0 Å². The molecule has 1 aromatic heterocycles. The third kappa shape index (κ3) is 7.59. The first-order chi connectivity index (χ1) is 26.3. The van der Waals surface area contributed by atoms with Crippen LogP contribution < -0.4 is 20.5 Å². The number of benzene rings is 3. The average Bonchev–Trinajstić information content (AvgIpc) is 3.72. The topological polar surface area (TPSA) is 195 Å². The highest BCUT2D eigenvalue weighted by Gasteiger charge is 2.44. The Hall–Kier alpha value is -6.67. The molecule has 54 heavy (non-hydrogen) atoms. The number of piperidine rings is 1. The van der Waals surface area contributed by atoms with Gasteiger partial charge in [-0.25, -0.2) is 0 Å². The van der Waals surface area contributed by atoms with Crippen LogP contribution in [0.4, 0.5) is 5.69 Å². The number of hydrogen-bond acceptors (Lipinski definition) is 12. The van der Waals surface area contributed by atoms with Gasteiger partial charge in [0.05, 0.1) is 35.7 Å². The number of aryl methyl sites for hydroxylation is 1. The fourth-order valence-corrected chi connectivity index (χ4v) is 6.57. The summed E-state index contributed by atoms with van der Waals surface area (Å²) >= 11 is 0. The van der Waals surface area contributed by atoms with Crippen molar-refractivity contribution >= 4 is 52.5 Å². The monoisotopic (exact) mass is 728 g/mol. The van der Waals surface area contributed by atoms with E-state index in [4.69, 9.17) is 24.9 Å². The number of hydrogen-bond donors (Lipinski definition) is 3. The number of nitrogens with one attached hydrogen (secondary N) is 1. The van der Waals surface area contributed by atoms with E-state index in [0.717, 1.165) is 39.1 Å². The predicted molar refractivity (Wildman–Crippen MR) is 198 cm³/mol. The molecular formula is C40H36N6O8. The van der Waals surface area contributed by atoms with Crippen molar-refractivity contribution in [2.75, 3.05) is 26.4 Å². The summed E-state index contributed by atoms with van der Waals surface area (Å²) in [7, 11) is 0. The summed E-state index contributed by atoms with van der Waals surface area (Å²) in [4.78, 5) is 59.4. The van der Waals surface area contributed by atoms with E-state index in [1.54, 1.807) is 24.7 Å². The number of aliphatic imine (C=N–C) groups is 1. The van der Waals surface area contributed by atoms with Gasteiger partial charge in [-0.2, -0.15) is 0 Å². The van der Waals surface area contributed by atoms with Crippen molar-refractivity contribution < 1.29 is 38.6 Å². The van der Waals surface area contributed by atoms with Gasteiger partial charge in [-0.3, -0.25) is 39.4 Å². The summed E-state index contributed by atoms with van der Waals surface area (Å²) in [6.45, 7) is 1.04. The summed E-state index contributed by atoms with van der Waals surface area (Å²) in [5, 5.41) is 15.0. The second-order valence-electron chi connectivity index (χ2n) is 12.7. The maximum atomic E-state index is 13.0. The molecule has 14 nitrogen and oxygen atoms in total. The van der Waals surface area contributed by atoms with Crippen molar-refractivity contribution in [2.45, 2.75) is 31.7 Å². The van der Waals surface area contributed by atoms with Gasteiger partial charge in [-0.1, -0.05) is 23.4 Å². The van der Waals surface area contributed by atoms with Crippen molar-refractivity contribution in [2.24, 2.45) is 15.9 Å². The lowest BCUT2D eigenvalue weighted by Gasteiger charge is -2.27. The van der Waals surface area contributed by atoms with Gasteiger partial charge in [0, 0.05) is 47.4 Å². The number of pyridine rings is 1. The zero-order valence-electron chi connectivity index (χ0n) is 29.1. The minimum absolute atomic E-state index is 0.0527. The lowest BCUT2D eigenvalue weighted by atomic mass is 9.97. The molecule has 3 aromatic carbocycles. The van der Waals surface area contributed by atoms with Gasteiger partial charge in [-0.05, 0) is 85.0 Å². The van der Waals surface area contributed by atoms with Crippen LogP contribution in [0.2, 0.25) is 0 Å². The molecule has 1 aliphatic carbocycles. The van der Waals surface area contributed by atoms with Gasteiger partial charge in [0.2, 0.25) is 11.8 Å². The Labute approximate surface area is 309 Å². The number of nitrogens with two attached hydrogens (primary N) is 1. The number of oxime groups is 1. The van der Waals surface area contributed by atoms with E-state index in [2.05, 4.69) is 21.5 Å². The molecule has 1 unspecified atom stereocenters. The third-order valence-corrected chi connectivity index (χ3v) is 9.34. The number of allylic oxidation sites excluding steroid dienone is 1. The molecule has 3 heterocycles. The fourth-order valence-electron chi connectivity index (χ4n) is 6.57. The Bertz CT molecular complexity index is 2200. The zero-order chi connectivity index (χ0) is 37.6. The molecule has 4 aromatic rings. The van der Waals surface area contributed by atoms with Crippen molar-refractivity contribution in [3.63, 3.8) is 0 Å². The fraction of sp³-hybridized carbons (Fsp3) is 0.225. The molecule has 1 atom stereocenters. The molecule has 7 rings (SSSR count). The number of imide groups is 2. The van der Waals surface area contributed by atoms with Gasteiger partial charge in [0.1, 0.15) is 30.8 Å². The minimum atomic E-state index is -1.03. The van der Waals surface area contributed by atoms with E-state index in [9.17, 15) is 24.4 Å². The molecule has 0 spiro atoms. The number of fused-ring (bicyclic) bond motifs is 2. The predicted octanol–water partition coefficient (Wildman–Crippen LogP) is 4.31. The zero-order valence-corrected chi connectivity index (χ0v) is 29.1. The van der Waals surface area contributed by atoms with Gasteiger partial charge < -0.3 is 25.2 Å². The molecule has 1 fully saturated rings. The maximum Gasteiger partial charge on any atom is 0.262 e. The molecule has 0 radical (unpaired) electrons. The lowest BCUT2D eigenvalue weighted by molar-refractivity contribution is -0.136. The largest absolute Gasteiger partial charge is 0.491 e. The number of ether oxygens (including phenoxy) is 3. The van der Waals surface area contributed by atoms with E-state index in [-0.39, 0.29) is 37.2 Å². The van der Waals surface area contributed by atoms with Crippen molar-refractivity contribution in [3.05, 3.63) is 119 Å². The SMILES string of the molecule is NC(=C(C=Nc1ccc(OCCOCCOc2ccc3c(c2)C(=O)N(C2CCC(=O)NC2=O)C3=O)cc1)c1ccc2c(c1)CC/C2=N\O)c1ccncc1. The number of carbonyl (C=O) groups is 4. The molecular weight excluding hydrogens is 692 g/mol.